The molecule has 0 saturated heterocycles. The van der Waals surface area contributed by atoms with Crippen molar-refractivity contribution < 1.29 is 0 Å². The minimum Gasteiger partial charge on any atom is -0.309 e. The van der Waals surface area contributed by atoms with Crippen LogP contribution in [-0.4, -0.2) is 16.0 Å². The Kier molecular flexibility index (Phi) is 4.12. The summed E-state index contributed by atoms with van der Waals surface area (Å²) in [5.41, 5.74) is 2.70. The largest absolute Gasteiger partial charge is 0.309 e. The highest BCUT2D eigenvalue weighted by atomic mass is 16.1. The van der Waals surface area contributed by atoms with E-state index >= 15 is 0 Å². The smallest absolute Gasteiger partial charge is 0.251 e. The van der Waals surface area contributed by atoms with Crippen molar-refractivity contribution in [2.45, 2.75) is 33.4 Å². The predicted octanol–water partition coefficient (Wildman–Crippen LogP) is 2.24. The zero-order valence-electron chi connectivity index (χ0n) is 11.5. The lowest BCUT2D eigenvalue weighted by molar-refractivity contribution is 0.580. The van der Waals surface area contributed by atoms with Gasteiger partial charge in [-0.25, -0.2) is 4.98 Å². The van der Waals surface area contributed by atoms with Gasteiger partial charge in [0, 0.05) is 24.2 Å². The highest BCUT2D eigenvalue weighted by Gasteiger charge is 2.06. The molecule has 100 valence electrons. The van der Waals surface area contributed by atoms with Gasteiger partial charge in [0.1, 0.15) is 5.82 Å². The molecular weight excluding hydrogens is 238 g/mol. The number of nitrogens with one attached hydrogen (secondary N) is 2. The Morgan fingerprint density at radius 2 is 2.05 bits per heavy atom. The first-order valence-electron chi connectivity index (χ1n) is 6.46. The third-order valence-corrected chi connectivity index (χ3v) is 2.89. The first-order valence-corrected chi connectivity index (χ1v) is 6.46. The topological polar surface area (TPSA) is 57.8 Å². The molecule has 0 unspecified atom stereocenters. The summed E-state index contributed by atoms with van der Waals surface area (Å²) in [6.07, 6.45) is 0. The first kappa shape index (κ1) is 13.5. The van der Waals surface area contributed by atoms with Crippen LogP contribution in [0.1, 0.15) is 25.1 Å². The lowest BCUT2D eigenvalue weighted by Crippen LogP contribution is -2.24. The Morgan fingerprint density at radius 1 is 1.32 bits per heavy atom. The number of hydrogen-bond donors (Lipinski definition) is 2. The highest BCUT2D eigenvalue weighted by molar-refractivity contribution is 5.59. The Morgan fingerprint density at radius 3 is 2.74 bits per heavy atom. The Bertz CT molecular complexity index is 617. The van der Waals surface area contributed by atoms with Crippen molar-refractivity contribution in [2.75, 3.05) is 0 Å². The third-order valence-electron chi connectivity index (χ3n) is 2.89. The summed E-state index contributed by atoms with van der Waals surface area (Å²) in [7, 11) is 0. The van der Waals surface area contributed by atoms with E-state index in [1.807, 2.05) is 31.2 Å². The van der Waals surface area contributed by atoms with Crippen molar-refractivity contribution in [2.24, 2.45) is 0 Å². The van der Waals surface area contributed by atoms with Crippen LogP contribution in [0.15, 0.2) is 35.1 Å². The molecule has 0 amide bonds. The number of nitrogens with zero attached hydrogens (tertiary/aromatic N) is 1. The van der Waals surface area contributed by atoms with Crippen LogP contribution in [0.3, 0.4) is 0 Å². The number of aromatic amines is 1. The number of benzene rings is 1. The maximum Gasteiger partial charge on any atom is 0.251 e. The predicted molar refractivity (Wildman–Crippen MR) is 77.0 cm³/mol. The summed E-state index contributed by atoms with van der Waals surface area (Å²) in [5, 5.41) is 3.27. The molecule has 0 aliphatic heterocycles. The highest BCUT2D eigenvalue weighted by Crippen LogP contribution is 2.18. The maximum atomic E-state index is 11.7. The van der Waals surface area contributed by atoms with E-state index in [9.17, 15) is 4.79 Å². The molecule has 0 aliphatic rings. The second-order valence-electron chi connectivity index (χ2n) is 4.94. The molecule has 4 nitrogen and oxygen atoms in total. The Labute approximate surface area is 112 Å². The summed E-state index contributed by atoms with van der Waals surface area (Å²) in [6, 6.07) is 9.80. The number of hydrogen-bond acceptors (Lipinski definition) is 3. The third kappa shape index (κ3) is 3.51. The molecule has 0 fully saturated rings. The van der Waals surface area contributed by atoms with Crippen molar-refractivity contribution in [3.05, 3.63) is 51.9 Å². The van der Waals surface area contributed by atoms with Crippen LogP contribution in [0.4, 0.5) is 0 Å². The van der Waals surface area contributed by atoms with E-state index in [0.717, 1.165) is 16.8 Å². The van der Waals surface area contributed by atoms with E-state index in [1.54, 1.807) is 0 Å². The van der Waals surface area contributed by atoms with Crippen molar-refractivity contribution in [1.82, 2.24) is 15.3 Å². The quantitative estimate of drug-likeness (QED) is 0.883. The SMILES string of the molecule is Cc1ccccc1-c1nc(CNC(C)C)cc(=O)[nH]1. The molecule has 0 saturated carbocycles. The number of aromatic nitrogens is 2. The monoisotopic (exact) mass is 257 g/mol. The summed E-state index contributed by atoms with van der Waals surface area (Å²) in [4.78, 5) is 19.0. The molecule has 0 bridgehead atoms. The van der Waals surface area contributed by atoms with Crippen molar-refractivity contribution in [1.29, 1.82) is 0 Å². The normalized spacial score (nSPS) is 10.9. The average Bonchev–Trinajstić information content (AvgIpc) is 2.36. The van der Waals surface area contributed by atoms with Gasteiger partial charge in [-0.1, -0.05) is 38.1 Å². The molecule has 2 rings (SSSR count). The fourth-order valence-corrected chi connectivity index (χ4v) is 1.87. The van der Waals surface area contributed by atoms with Crippen molar-refractivity contribution >= 4 is 0 Å². The lowest BCUT2D eigenvalue weighted by Gasteiger charge is -2.09. The van der Waals surface area contributed by atoms with Gasteiger partial charge in [0.15, 0.2) is 0 Å². The molecule has 2 N–H and O–H groups in total. The fraction of sp³-hybridized carbons (Fsp3) is 0.333. The van der Waals surface area contributed by atoms with Crippen molar-refractivity contribution in [3.8, 4) is 11.4 Å². The minimum atomic E-state index is -0.117. The molecule has 0 aliphatic carbocycles. The van der Waals surface area contributed by atoms with Gasteiger partial charge in [-0.3, -0.25) is 4.79 Å². The fourth-order valence-electron chi connectivity index (χ4n) is 1.87. The standard InChI is InChI=1S/C15H19N3O/c1-10(2)16-9-12-8-14(19)18-15(17-12)13-7-5-4-6-11(13)3/h4-8,10,16H,9H2,1-3H3,(H,17,18,19). The molecule has 0 radical (unpaired) electrons. The Hall–Kier alpha value is -1.94. The average molecular weight is 257 g/mol. The van der Waals surface area contributed by atoms with E-state index in [1.165, 1.54) is 6.07 Å². The molecule has 4 heteroatoms. The van der Waals surface area contributed by atoms with E-state index in [4.69, 9.17) is 0 Å². The minimum absolute atomic E-state index is 0.117. The number of aryl methyl sites for hydroxylation is 1. The molecule has 1 aromatic heterocycles. The summed E-state index contributed by atoms with van der Waals surface area (Å²) in [6.45, 7) is 6.74. The zero-order chi connectivity index (χ0) is 13.8. The van der Waals surface area contributed by atoms with Crippen LogP contribution in [0.25, 0.3) is 11.4 Å². The maximum absolute atomic E-state index is 11.7. The molecule has 0 spiro atoms. The van der Waals surface area contributed by atoms with Crippen LogP contribution >= 0.6 is 0 Å². The zero-order valence-corrected chi connectivity index (χ0v) is 11.5. The molecule has 1 heterocycles. The molecule has 19 heavy (non-hydrogen) atoms. The molecule has 0 atom stereocenters. The second kappa shape index (κ2) is 5.80. The van der Waals surface area contributed by atoms with E-state index < -0.39 is 0 Å². The molecular formula is C15H19N3O. The number of H-pyrrole nitrogens is 1. The van der Waals surface area contributed by atoms with Gasteiger partial charge in [0.25, 0.3) is 5.56 Å². The van der Waals surface area contributed by atoms with E-state index in [2.05, 4.69) is 29.1 Å². The summed E-state index contributed by atoms with van der Waals surface area (Å²) >= 11 is 0. The summed E-state index contributed by atoms with van der Waals surface area (Å²) in [5.74, 6) is 0.631. The van der Waals surface area contributed by atoms with Crippen LogP contribution in [0, 0.1) is 6.92 Å². The van der Waals surface area contributed by atoms with Gasteiger partial charge in [-0.15, -0.1) is 0 Å². The summed E-state index contributed by atoms with van der Waals surface area (Å²) < 4.78 is 0. The van der Waals surface area contributed by atoms with Gasteiger partial charge in [0.05, 0.1) is 5.69 Å². The van der Waals surface area contributed by atoms with E-state index in [-0.39, 0.29) is 5.56 Å². The van der Waals surface area contributed by atoms with Gasteiger partial charge < -0.3 is 10.3 Å². The Balaban J connectivity index is 2.37. The van der Waals surface area contributed by atoms with Crippen LogP contribution in [0.5, 0.6) is 0 Å². The van der Waals surface area contributed by atoms with Gasteiger partial charge in [0.2, 0.25) is 0 Å². The van der Waals surface area contributed by atoms with Crippen molar-refractivity contribution in [3.63, 3.8) is 0 Å². The van der Waals surface area contributed by atoms with Crippen LogP contribution in [0.2, 0.25) is 0 Å². The molecule has 1 aromatic carbocycles. The first-order chi connectivity index (χ1) is 9.06. The van der Waals surface area contributed by atoms with Gasteiger partial charge in [-0.2, -0.15) is 0 Å². The van der Waals surface area contributed by atoms with Crippen LogP contribution < -0.4 is 10.9 Å². The van der Waals surface area contributed by atoms with E-state index in [0.29, 0.717) is 18.4 Å². The lowest BCUT2D eigenvalue weighted by atomic mass is 10.1. The molecule has 2 aromatic rings. The second-order valence-corrected chi connectivity index (χ2v) is 4.94. The van der Waals surface area contributed by atoms with Gasteiger partial charge in [-0.05, 0) is 12.5 Å². The number of rotatable bonds is 4. The van der Waals surface area contributed by atoms with Crippen LogP contribution in [-0.2, 0) is 6.54 Å². The van der Waals surface area contributed by atoms with Gasteiger partial charge >= 0.3 is 0 Å².